The SMILES string of the molecule is CC(C)CC(CO)NC(=O)c1ccc2c(c1)CCC2. The number of aliphatic hydroxyl groups is 1. The molecule has 1 amide bonds. The highest BCUT2D eigenvalue weighted by molar-refractivity contribution is 5.94. The van der Waals surface area contributed by atoms with Crippen LogP contribution in [0.1, 0.15) is 48.2 Å². The largest absolute Gasteiger partial charge is 0.394 e. The van der Waals surface area contributed by atoms with E-state index in [1.165, 1.54) is 17.5 Å². The molecule has 1 aromatic carbocycles. The maximum atomic E-state index is 12.2. The third-order valence-corrected chi connectivity index (χ3v) is 3.67. The first-order valence-electron chi connectivity index (χ1n) is 7.13. The molecule has 19 heavy (non-hydrogen) atoms. The molecular formula is C16H23NO2. The first-order valence-corrected chi connectivity index (χ1v) is 7.13. The fourth-order valence-corrected chi connectivity index (χ4v) is 2.73. The summed E-state index contributed by atoms with van der Waals surface area (Å²) in [5, 5.41) is 12.2. The Morgan fingerprint density at radius 2 is 2.05 bits per heavy atom. The molecule has 3 heteroatoms. The Morgan fingerprint density at radius 1 is 1.32 bits per heavy atom. The average Bonchev–Trinajstić information content (AvgIpc) is 2.84. The summed E-state index contributed by atoms with van der Waals surface area (Å²) in [4.78, 5) is 12.2. The zero-order valence-corrected chi connectivity index (χ0v) is 11.8. The standard InChI is InChI=1S/C16H23NO2/c1-11(2)8-15(10-18)17-16(19)14-7-6-12-4-3-5-13(12)9-14/h6-7,9,11,15,18H,3-5,8,10H2,1-2H3,(H,17,19). The molecule has 0 bridgehead atoms. The zero-order chi connectivity index (χ0) is 13.8. The molecular weight excluding hydrogens is 238 g/mol. The van der Waals surface area contributed by atoms with Gasteiger partial charge in [-0.1, -0.05) is 19.9 Å². The van der Waals surface area contributed by atoms with Crippen molar-refractivity contribution in [2.75, 3.05) is 6.61 Å². The van der Waals surface area contributed by atoms with Crippen molar-refractivity contribution in [1.82, 2.24) is 5.32 Å². The number of nitrogens with one attached hydrogen (secondary N) is 1. The van der Waals surface area contributed by atoms with Gasteiger partial charge in [-0.05, 0) is 54.9 Å². The number of fused-ring (bicyclic) bond motifs is 1. The topological polar surface area (TPSA) is 49.3 Å². The molecule has 3 nitrogen and oxygen atoms in total. The van der Waals surface area contributed by atoms with Crippen molar-refractivity contribution in [2.45, 2.75) is 45.6 Å². The molecule has 2 N–H and O–H groups in total. The van der Waals surface area contributed by atoms with Gasteiger partial charge >= 0.3 is 0 Å². The maximum Gasteiger partial charge on any atom is 0.251 e. The Hall–Kier alpha value is -1.35. The molecule has 0 saturated heterocycles. The monoisotopic (exact) mass is 261 g/mol. The Balaban J connectivity index is 2.03. The molecule has 0 aromatic heterocycles. The lowest BCUT2D eigenvalue weighted by Crippen LogP contribution is -2.38. The minimum Gasteiger partial charge on any atom is -0.394 e. The highest BCUT2D eigenvalue weighted by Crippen LogP contribution is 2.22. The second kappa shape index (κ2) is 6.20. The van der Waals surface area contributed by atoms with Crippen LogP contribution in [0.25, 0.3) is 0 Å². The highest BCUT2D eigenvalue weighted by Gasteiger charge is 2.17. The van der Waals surface area contributed by atoms with Gasteiger partial charge in [-0.2, -0.15) is 0 Å². The minimum absolute atomic E-state index is 0.00510. The smallest absolute Gasteiger partial charge is 0.251 e. The summed E-state index contributed by atoms with van der Waals surface area (Å²) in [6.45, 7) is 4.17. The van der Waals surface area contributed by atoms with E-state index in [1.807, 2.05) is 12.1 Å². The van der Waals surface area contributed by atoms with E-state index in [0.29, 0.717) is 11.5 Å². The van der Waals surface area contributed by atoms with Crippen LogP contribution in [-0.2, 0) is 12.8 Å². The molecule has 1 aromatic rings. The molecule has 1 unspecified atom stereocenters. The van der Waals surface area contributed by atoms with Crippen LogP contribution < -0.4 is 5.32 Å². The van der Waals surface area contributed by atoms with E-state index in [4.69, 9.17) is 0 Å². The van der Waals surface area contributed by atoms with E-state index >= 15 is 0 Å². The quantitative estimate of drug-likeness (QED) is 0.854. The second-order valence-electron chi connectivity index (χ2n) is 5.82. The molecule has 0 heterocycles. The van der Waals surface area contributed by atoms with Gasteiger partial charge in [-0.25, -0.2) is 0 Å². The number of hydrogen-bond donors (Lipinski definition) is 2. The summed E-state index contributed by atoms with van der Waals surface area (Å²) in [6.07, 6.45) is 4.19. The van der Waals surface area contributed by atoms with Gasteiger partial charge in [0, 0.05) is 5.56 Å². The molecule has 0 saturated carbocycles. The number of aliphatic hydroxyl groups excluding tert-OH is 1. The number of carbonyl (C=O) groups excluding carboxylic acids is 1. The minimum atomic E-state index is -0.152. The summed E-state index contributed by atoms with van der Waals surface area (Å²) in [6, 6.07) is 5.80. The van der Waals surface area contributed by atoms with Gasteiger partial charge in [-0.15, -0.1) is 0 Å². The fraction of sp³-hybridized carbons (Fsp3) is 0.562. The number of amides is 1. The van der Waals surface area contributed by atoms with E-state index in [0.717, 1.165) is 19.3 Å². The zero-order valence-electron chi connectivity index (χ0n) is 11.8. The van der Waals surface area contributed by atoms with Crippen molar-refractivity contribution >= 4 is 5.91 Å². The van der Waals surface area contributed by atoms with E-state index < -0.39 is 0 Å². The van der Waals surface area contributed by atoms with Crippen molar-refractivity contribution in [3.63, 3.8) is 0 Å². The van der Waals surface area contributed by atoms with Crippen LogP contribution in [0.5, 0.6) is 0 Å². The van der Waals surface area contributed by atoms with Crippen molar-refractivity contribution < 1.29 is 9.90 Å². The van der Waals surface area contributed by atoms with Crippen molar-refractivity contribution in [3.8, 4) is 0 Å². The lowest BCUT2D eigenvalue weighted by atomic mass is 10.0. The van der Waals surface area contributed by atoms with Crippen LogP contribution in [0.2, 0.25) is 0 Å². The van der Waals surface area contributed by atoms with Gasteiger partial charge in [-0.3, -0.25) is 4.79 Å². The molecule has 0 aliphatic heterocycles. The van der Waals surface area contributed by atoms with Gasteiger partial charge in [0.25, 0.3) is 5.91 Å². The van der Waals surface area contributed by atoms with E-state index in [9.17, 15) is 9.90 Å². The number of benzene rings is 1. The van der Waals surface area contributed by atoms with Crippen LogP contribution in [0.15, 0.2) is 18.2 Å². The van der Waals surface area contributed by atoms with Gasteiger partial charge in [0.2, 0.25) is 0 Å². The van der Waals surface area contributed by atoms with Crippen LogP contribution in [-0.4, -0.2) is 23.7 Å². The predicted octanol–water partition coefficient (Wildman–Crippen LogP) is 2.31. The fourth-order valence-electron chi connectivity index (χ4n) is 2.73. The molecule has 2 rings (SSSR count). The Kier molecular flexibility index (Phi) is 4.59. The molecule has 0 fully saturated rings. The molecule has 0 radical (unpaired) electrons. The van der Waals surface area contributed by atoms with E-state index in [1.54, 1.807) is 0 Å². The van der Waals surface area contributed by atoms with Crippen molar-refractivity contribution in [3.05, 3.63) is 34.9 Å². The van der Waals surface area contributed by atoms with Crippen LogP contribution in [0, 0.1) is 5.92 Å². The summed E-state index contributed by atoms with van der Waals surface area (Å²) in [5.41, 5.74) is 3.39. The first kappa shape index (κ1) is 14.1. The van der Waals surface area contributed by atoms with E-state index in [-0.39, 0.29) is 18.6 Å². The molecule has 104 valence electrons. The maximum absolute atomic E-state index is 12.2. The number of carbonyl (C=O) groups is 1. The predicted molar refractivity (Wildman–Crippen MR) is 76.3 cm³/mol. The summed E-state index contributed by atoms with van der Waals surface area (Å²) >= 11 is 0. The Morgan fingerprint density at radius 3 is 2.74 bits per heavy atom. The summed E-state index contributed by atoms with van der Waals surface area (Å²) < 4.78 is 0. The van der Waals surface area contributed by atoms with Crippen molar-refractivity contribution in [2.24, 2.45) is 5.92 Å². The van der Waals surface area contributed by atoms with Crippen LogP contribution >= 0.6 is 0 Å². The molecule has 0 spiro atoms. The lowest BCUT2D eigenvalue weighted by molar-refractivity contribution is 0.0908. The van der Waals surface area contributed by atoms with E-state index in [2.05, 4.69) is 25.2 Å². The van der Waals surface area contributed by atoms with Gasteiger partial charge in [0.05, 0.1) is 12.6 Å². The lowest BCUT2D eigenvalue weighted by Gasteiger charge is -2.18. The van der Waals surface area contributed by atoms with Crippen LogP contribution in [0.4, 0.5) is 0 Å². The molecule has 1 aliphatic rings. The normalized spacial score (nSPS) is 15.4. The Labute approximate surface area is 115 Å². The Bertz CT molecular complexity index is 454. The number of aryl methyl sites for hydroxylation is 2. The molecule has 1 aliphatic carbocycles. The third kappa shape index (κ3) is 3.57. The highest BCUT2D eigenvalue weighted by atomic mass is 16.3. The summed E-state index contributed by atoms with van der Waals surface area (Å²) in [5.74, 6) is 0.381. The summed E-state index contributed by atoms with van der Waals surface area (Å²) in [7, 11) is 0. The number of rotatable bonds is 5. The average molecular weight is 261 g/mol. The number of hydrogen-bond acceptors (Lipinski definition) is 2. The van der Waals surface area contributed by atoms with Gasteiger partial charge < -0.3 is 10.4 Å². The third-order valence-electron chi connectivity index (χ3n) is 3.67. The first-order chi connectivity index (χ1) is 9.10. The van der Waals surface area contributed by atoms with Gasteiger partial charge in [0.1, 0.15) is 0 Å². The van der Waals surface area contributed by atoms with Crippen molar-refractivity contribution in [1.29, 1.82) is 0 Å². The second-order valence-corrected chi connectivity index (χ2v) is 5.82. The molecule has 1 atom stereocenters. The van der Waals surface area contributed by atoms with Gasteiger partial charge in [0.15, 0.2) is 0 Å². The van der Waals surface area contributed by atoms with Crippen LogP contribution in [0.3, 0.4) is 0 Å².